The molecule has 2 aromatic rings. The fraction of sp³-hybridized carbons (Fsp3) is 0.278. The third-order valence-electron chi connectivity index (χ3n) is 3.53. The lowest BCUT2D eigenvalue weighted by atomic mass is 10.1. The van der Waals surface area contributed by atoms with Crippen LogP contribution in [0.2, 0.25) is 0 Å². The average Bonchev–Trinajstić information content (AvgIpc) is 2.55. The summed E-state index contributed by atoms with van der Waals surface area (Å²) < 4.78 is 37.4. The summed E-state index contributed by atoms with van der Waals surface area (Å²) in [7, 11) is 0. The lowest BCUT2D eigenvalue weighted by Crippen LogP contribution is -2.33. The highest BCUT2D eigenvalue weighted by Gasteiger charge is 2.29. The van der Waals surface area contributed by atoms with Crippen LogP contribution in [0.15, 0.2) is 59.6 Å². The molecule has 3 nitrogen and oxygen atoms in total. The van der Waals surface area contributed by atoms with E-state index in [0.717, 1.165) is 24.1 Å². The third-order valence-corrected chi connectivity index (χ3v) is 3.53. The molecule has 136 valence electrons. The van der Waals surface area contributed by atoms with Crippen molar-refractivity contribution in [3.05, 3.63) is 71.3 Å². The topological polar surface area (TPSA) is 50.4 Å². The Kier molecular flexibility index (Phi) is 8.74. The maximum absolute atomic E-state index is 12.5. The van der Waals surface area contributed by atoms with Crippen LogP contribution < -0.4 is 11.1 Å². The largest absolute Gasteiger partial charge is 0.416 e. The van der Waals surface area contributed by atoms with Crippen LogP contribution in [0.4, 0.5) is 13.2 Å². The van der Waals surface area contributed by atoms with Gasteiger partial charge >= 0.3 is 6.18 Å². The highest BCUT2D eigenvalue weighted by atomic mass is 127. The Morgan fingerprint density at radius 1 is 0.920 bits per heavy atom. The Balaban J connectivity index is 0.00000312. The second kappa shape index (κ2) is 10.3. The van der Waals surface area contributed by atoms with E-state index in [1.807, 2.05) is 30.3 Å². The van der Waals surface area contributed by atoms with E-state index in [4.69, 9.17) is 5.73 Å². The molecular weight excluding hydrogens is 442 g/mol. The van der Waals surface area contributed by atoms with Gasteiger partial charge in [0.15, 0.2) is 5.96 Å². The molecule has 3 N–H and O–H groups in total. The van der Waals surface area contributed by atoms with Gasteiger partial charge in [-0.25, -0.2) is 0 Å². The van der Waals surface area contributed by atoms with E-state index in [0.29, 0.717) is 25.5 Å². The van der Waals surface area contributed by atoms with Crippen molar-refractivity contribution < 1.29 is 13.2 Å². The van der Waals surface area contributed by atoms with Crippen molar-refractivity contribution in [1.82, 2.24) is 5.32 Å². The molecule has 0 aromatic heterocycles. The molecule has 0 heterocycles. The minimum atomic E-state index is -4.30. The van der Waals surface area contributed by atoms with Gasteiger partial charge in [-0.1, -0.05) is 42.5 Å². The van der Waals surface area contributed by atoms with Gasteiger partial charge < -0.3 is 11.1 Å². The maximum Gasteiger partial charge on any atom is 0.416 e. The number of nitrogens with zero attached hydrogens (tertiary/aromatic N) is 1. The van der Waals surface area contributed by atoms with E-state index >= 15 is 0 Å². The van der Waals surface area contributed by atoms with Gasteiger partial charge in [-0.3, -0.25) is 4.99 Å². The molecule has 0 aliphatic heterocycles. The molecule has 7 heteroatoms. The number of aliphatic imine (C=N–C) groups is 1. The van der Waals surface area contributed by atoms with Crippen molar-refractivity contribution in [3.8, 4) is 0 Å². The molecule has 0 radical (unpaired) electrons. The van der Waals surface area contributed by atoms with E-state index in [9.17, 15) is 13.2 Å². The summed E-state index contributed by atoms with van der Waals surface area (Å²) in [5.41, 5.74) is 7.14. The van der Waals surface area contributed by atoms with Gasteiger partial charge in [0, 0.05) is 13.1 Å². The predicted octanol–water partition coefficient (Wildman–Crippen LogP) is 4.01. The molecule has 0 bridgehead atoms. The Bertz CT molecular complexity index is 656. The van der Waals surface area contributed by atoms with E-state index in [-0.39, 0.29) is 24.0 Å². The highest BCUT2D eigenvalue weighted by molar-refractivity contribution is 14.0. The van der Waals surface area contributed by atoms with Gasteiger partial charge in [-0.15, -0.1) is 24.0 Å². The highest BCUT2D eigenvalue weighted by Crippen LogP contribution is 2.29. The van der Waals surface area contributed by atoms with Crippen LogP contribution in [0.3, 0.4) is 0 Å². The SMILES string of the molecule is I.NC(=NCCc1ccc(C(F)(F)F)cc1)NCCc1ccccc1. The molecule has 25 heavy (non-hydrogen) atoms. The zero-order valence-corrected chi connectivity index (χ0v) is 15.9. The number of guanidine groups is 1. The zero-order valence-electron chi connectivity index (χ0n) is 13.6. The first kappa shape index (κ1) is 21.3. The normalized spacial score (nSPS) is 11.7. The smallest absolute Gasteiger partial charge is 0.370 e. The molecule has 0 aliphatic rings. The van der Waals surface area contributed by atoms with Gasteiger partial charge in [0.1, 0.15) is 0 Å². The quantitative estimate of drug-likeness (QED) is 0.387. The first-order chi connectivity index (χ1) is 11.4. The molecule has 0 amide bonds. The molecule has 2 aromatic carbocycles. The van der Waals surface area contributed by atoms with Crippen molar-refractivity contribution >= 4 is 29.9 Å². The lowest BCUT2D eigenvalue weighted by Gasteiger charge is -2.07. The number of benzene rings is 2. The zero-order chi connectivity index (χ0) is 17.4. The van der Waals surface area contributed by atoms with Crippen LogP contribution in [0, 0.1) is 0 Å². The molecule has 0 spiro atoms. The van der Waals surface area contributed by atoms with Crippen LogP contribution in [-0.2, 0) is 19.0 Å². The van der Waals surface area contributed by atoms with E-state index in [2.05, 4.69) is 10.3 Å². The van der Waals surface area contributed by atoms with Crippen molar-refractivity contribution in [2.24, 2.45) is 10.7 Å². The van der Waals surface area contributed by atoms with E-state index in [1.54, 1.807) is 0 Å². The molecule has 2 rings (SSSR count). The fourth-order valence-electron chi connectivity index (χ4n) is 2.20. The molecule has 0 atom stereocenters. The van der Waals surface area contributed by atoms with Gasteiger partial charge in [0.05, 0.1) is 5.56 Å². The fourth-order valence-corrected chi connectivity index (χ4v) is 2.20. The van der Waals surface area contributed by atoms with Gasteiger partial charge in [-0.2, -0.15) is 13.2 Å². The number of hydrogen-bond acceptors (Lipinski definition) is 1. The molecule has 0 saturated carbocycles. The maximum atomic E-state index is 12.5. The number of nitrogens with one attached hydrogen (secondary N) is 1. The van der Waals surface area contributed by atoms with Gasteiger partial charge in [-0.05, 0) is 36.1 Å². The van der Waals surface area contributed by atoms with E-state index in [1.165, 1.54) is 17.7 Å². The van der Waals surface area contributed by atoms with Crippen molar-refractivity contribution in [2.75, 3.05) is 13.1 Å². The van der Waals surface area contributed by atoms with Gasteiger partial charge in [0.2, 0.25) is 0 Å². The Morgan fingerprint density at radius 2 is 1.52 bits per heavy atom. The van der Waals surface area contributed by atoms with Crippen LogP contribution >= 0.6 is 24.0 Å². The summed E-state index contributed by atoms with van der Waals surface area (Å²) in [6.45, 7) is 1.11. The first-order valence-corrected chi connectivity index (χ1v) is 7.69. The summed E-state index contributed by atoms with van der Waals surface area (Å²) in [5.74, 6) is 0.345. The Morgan fingerprint density at radius 3 is 2.12 bits per heavy atom. The molecule has 0 unspecified atom stereocenters. The summed E-state index contributed by atoms with van der Waals surface area (Å²) in [4.78, 5) is 4.18. The summed E-state index contributed by atoms with van der Waals surface area (Å²) >= 11 is 0. The number of rotatable bonds is 6. The third kappa shape index (κ3) is 7.76. The number of hydrogen-bond donors (Lipinski definition) is 2. The summed E-state index contributed by atoms with van der Waals surface area (Å²) in [6, 6.07) is 15.1. The first-order valence-electron chi connectivity index (χ1n) is 7.69. The molecule has 0 fully saturated rings. The standard InChI is InChI=1S/C18H20F3N3.HI/c19-18(20,21)16-8-6-15(7-9-16)11-13-24-17(22)23-12-10-14-4-2-1-3-5-14;/h1-9H,10-13H2,(H3,22,23,24);1H. The predicted molar refractivity (Wildman–Crippen MR) is 105 cm³/mol. The lowest BCUT2D eigenvalue weighted by molar-refractivity contribution is -0.137. The summed E-state index contributed by atoms with van der Waals surface area (Å²) in [5, 5.41) is 3.03. The monoisotopic (exact) mass is 463 g/mol. The molecule has 0 saturated heterocycles. The minimum Gasteiger partial charge on any atom is -0.370 e. The van der Waals surface area contributed by atoms with Crippen LogP contribution in [0.1, 0.15) is 16.7 Å². The van der Waals surface area contributed by atoms with Crippen molar-refractivity contribution in [3.63, 3.8) is 0 Å². The minimum absolute atomic E-state index is 0. The number of halogens is 4. The van der Waals surface area contributed by atoms with E-state index < -0.39 is 11.7 Å². The second-order valence-electron chi connectivity index (χ2n) is 5.37. The van der Waals surface area contributed by atoms with Crippen LogP contribution in [0.5, 0.6) is 0 Å². The molecule has 0 aliphatic carbocycles. The van der Waals surface area contributed by atoms with Gasteiger partial charge in [0.25, 0.3) is 0 Å². The second-order valence-corrected chi connectivity index (χ2v) is 5.37. The van der Waals surface area contributed by atoms with Crippen LogP contribution in [-0.4, -0.2) is 19.0 Å². The van der Waals surface area contributed by atoms with Crippen molar-refractivity contribution in [1.29, 1.82) is 0 Å². The average molecular weight is 463 g/mol. The van der Waals surface area contributed by atoms with Crippen molar-refractivity contribution in [2.45, 2.75) is 19.0 Å². The Labute approximate surface area is 162 Å². The summed E-state index contributed by atoms with van der Waals surface area (Å²) in [6.07, 6.45) is -2.92. The van der Waals surface area contributed by atoms with Crippen LogP contribution in [0.25, 0.3) is 0 Å². The Hall–Kier alpha value is -1.77. The number of nitrogens with two attached hydrogens (primary N) is 1. The molecular formula is C18H21F3IN3. The number of alkyl halides is 3.